The van der Waals surface area contributed by atoms with Gasteiger partial charge in [-0.25, -0.2) is 4.99 Å². The number of aryl methyl sites for hydroxylation is 2. The van der Waals surface area contributed by atoms with Crippen LogP contribution in [-0.4, -0.2) is 37.1 Å². The highest BCUT2D eigenvalue weighted by atomic mass is 16.6. The zero-order chi connectivity index (χ0) is 16.7. The van der Waals surface area contributed by atoms with Crippen LogP contribution >= 0.6 is 0 Å². The smallest absolute Gasteiger partial charge is 0.119 e. The van der Waals surface area contributed by atoms with E-state index in [2.05, 4.69) is 61.8 Å². The summed E-state index contributed by atoms with van der Waals surface area (Å²) in [5.41, 5.74) is 5.31. The monoisotopic (exact) mass is 303 g/mol. The van der Waals surface area contributed by atoms with Gasteiger partial charge < -0.3 is 9.74 Å². The standard InChI is InChI=1S/C18H29N3O/c1-8-21(7)12-19-18-10-14(4)17(9-15(18)5)16(6)20-22-11-13(2)3/h9-10,12-13H,8,11H2,1-7H3/b19-12?,20-16+. The summed E-state index contributed by atoms with van der Waals surface area (Å²) in [7, 11) is 2.02. The van der Waals surface area contributed by atoms with Crippen LogP contribution < -0.4 is 0 Å². The van der Waals surface area contributed by atoms with Crippen LogP contribution in [0.25, 0.3) is 0 Å². The van der Waals surface area contributed by atoms with Gasteiger partial charge in [-0.3, -0.25) is 0 Å². The first-order chi connectivity index (χ1) is 10.3. The van der Waals surface area contributed by atoms with Gasteiger partial charge in [0.1, 0.15) is 6.61 Å². The highest BCUT2D eigenvalue weighted by molar-refractivity contribution is 6.00. The van der Waals surface area contributed by atoms with Crippen molar-refractivity contribution >= 4 is 17.7 Å². The maximum Gasteiger partial charge on any atom is 0.119 e. The van der Waals surface area contributed by atoms with Gasteiger partial charge in [-0.1, -0.05) is 19.0 Å². The quantitative estimate of drug-likeness (QED) is 0.427. The maximum atomic E-state index is 5.38. The Hall–Kier alpha value is -1.84. The third-order valence-corrected chi connectivity index (χ3v) is 3.43. The molecule has 4 nitrogen and oxygen atoms in total. The van der Waals surface area contributed by atoms with Crippen molar-refractivity contribution in [1.29, 1.82) is 0 Å². The molecule has 0 spiro atoms. The zero-order valence-corrected chi connectivity index (χ0v) is 15.0. The number of aliphatic imine (C=N–C) groups is 1. The van der Waals surface area contributed by atoms with E-state index < -0.39 is 0 Å². The van der Waals surface area contributed by atoms with E-state index >= 15 is 0 Å². The molecule has 0 amide bonds. The van der Waals surface area contributed by atoms with Crippen molar-refractivity contribution in [2.24, 2.45) is 16.1 Å². The topological polar surface area (TPSA) is 37.2 Å². The van der Waals surface area contributed by atoms with E-state index in [0.717, 1.165) is 34.6 Å². The first-order valence-corrected chi connectivity index (χ1v) is 7.87. The Morgan fingerprint density at radius 1 is 1.27 bits per heavy atom. The van der Waals surface area contributed by atoms with E-state index in [-0.39, 0.29) is 0 Å². The van der Waals surface area contributed by atoms with Crippen LogP contribution in [0.5, 0.6) is 0 Å². The Morgan fingerprint density at radius 3 is 2.55 bits per heavy atom. The lowest BCUT2D eigenvalue weighted by molar-refractivity contribution is 0.118. The van der Waals surface area contributed by atoms with E-state index in [1.807, 2.05) is 20.3 Å². The molecule has 1 aromatic carbocycles. The minimum atomic E-state index is 0.478. The normalized spacial score (nSPS) is 12.3. The highest BCUT2D eigenvalue weighted by Crippen LogP contribution is 2.23. The fraction of sp³-hybridized carbons (Fsp3) is 0.556. The Kier molecular flexibility index (Phi) is 7.09. The molecule has 0 aliphatic heterocycles. The summed E-state index contributed by atoms with van der Waals surface area (Å²) in [6, 6.07) is 4.23. The van der Waals surface area contributed by atoms with E-state index in [0.29, 0.717) is 12.5 Å². The van der Waals surface area contributed by atoms with Gasteiger partial charge in [0.05, 0.1) is 17.7 Å². The van der Waals surface area contributed by atoms with E-state index in [9.17, 15) is 0 Å². The molecule has 0 atom stereocenters. The first kappa shape index (κ1) is 18.2. The molecule has 0 fully saturated rings. The molecule has 0 N–H and O–H groups in total. The average Bonchev–Trinajstić information content (AvgIpc) is 2.46. The van der Waals surface area contributed by atoms with Crippen LogP contribution in [0.2, 0.25) is 0 Å². The molecule has 0 aliphatic carbocycles. The van der Waals surface area contributed by atoms with Crippen LogP contribution in [0.1, 0.15) is 44.4 Å². The van der Waals surface area contributed by atoms with E-state index in [1.165, 1.54) is 0 Å². The summed E-state index contributed by atoms with van der Waals surface area (Å²) >= 11 is 0. The summed E-state index contributed by atoms with van der Waals surface area (Å²) in [6.07, 6.45) is 1.87. The largest absolute Gasteiger partial charge is 0.395 e. The Morgan fingerprint density at radius 2 is 1.95 bits per heavy atom. The molecular weight excluding hydrogens is 274 g/mol. The van der Waals surface area contributed by atoms with Crippen molar-refractivity contribution < 1.29 is 4.84 Å². The second kappa shape index (κ2) is 8.57. The molecule has 0 saturated heterocycles. The number of hydrogen-bond donors (Lipinski definition) is 0. The number of oxime groups is 1. The molecule has 0 bridgehead atoms. The zero-order valence-electron chi connectivity index (χ0n) is 15.0. The molecule has 0 aromatic heterocycles. The van der Waals surface area contributed by atoms with Crippen LogP contribution in [0.3, 0.4) is 0 Å². The van der Waals surface area contributed by atoms with Crippen molar-refractivity contribution in [2.75, 3.05) is 20.2 Å². The molecule has 0 radical (unpaired) electrons. The molecular formula is C18H29N3O. The van der Waals surface area contributed by atoms with Gasteiger partial charge in [0.25, 0.3) is 0 Å². The summed E-state index contributed by atoms with van der Waals surface area (Å²) in [4.78, 5) is 12.0. The SMILES string of the molecule is CCN(C)C=Nc1cc(C)c(/C(C)=N/OCC(C)C)cc1C. The molecule has 4 heteroatoms. The van der Waals surface area contributed by atoms with Crippen molar-refractivity contribution in [3.63, 3.8) is 0 Å². The molecule has 122 valence electrons. The predicted octanol–water partition coefficient (Wildman–Crippen LogP) is 4.31. The first-order valence-electron chi connectivity index (χ1n) is 7.87. The Labute approximate surface area is 134 Å². The van der Waals surface area contributed by atoms with E-state index in [4.69, 9.17) is 4.84 Å². The Balaban J connectivity index is 2.96. The van der Waals surface area contributed by atoms with Crippen molar-refractivity contribution in [3.05, 3.63) is 28.8 Å². The van der Waals surface area contributed by atoms with Crippen molar-refractivity contribution in [1.82, 2.24) is 4.90 Å². The minimum Gasteiger partial charge on any atom is -0.395 e. The fourth-order valence-electron chi connectivity index (χ4n) is 1.90. The summed E-state index contributed by atoms with van der Waals surface area (Å²) in [6.45, 7) is 14.0. The van der Waals surface area contributed by atoms with Gasteiger partial charge in [0, 0.05) is 19.2 Å². The predicted molar refractivity (Wildman–Crippen MR) is 95.4 cm³/mol. The second-order valence-electron chi connectivity index (χ2n) is 6.14. The molecule has 0 aliphatic rings. The van der Waals surface area contributed by atoms with Gasteiger partial charge >= 0.3 is 0 Å². The van der Waals surface area contributed by atoms with Gasteiger partial charge in [0.15, 0.2) is 0 Å². The van der Waals surface area contributed by atoms with E-state index in [1.54, 1.807) is 0 Å². The van der Waals surface area contributed by atoms with Crippen LogP contribution in [0, 0.1) is 19.8 Å². The molecule has 0 unspecified atom stereocenters. The fourth-order valence-corrected chi connectivity index (χ4v) is 1.90. The maximum absolute atomic E-state index is 5.38. The third kappa shape index (κ3) is 5.51. The third-order valence-electron chi connectivity index (χ3n) is 3.43. The lowest BCUT2D eigenvalue weighted by atomic mass is 10.0. The molecule has 22 heavy (non-hydrogen) atoms. The number of benzene rings is 1. The van der Waals surface area contributed by atoms with Crippen molar-refractivity contribution in [3.8, 4) is 0 Å². The molecule has 0 heterocycles. The van der Waals surface area contributed by atoms with Crippen LogP contribution in [0.15, 0.2) is 22.3 Å². The van der Waals surface area contributed by atoms with Gasteiger partial charge in [-0.15, -0.1) is 0 Å². The minimum absolute atomic E-state index is 0.478. The second-order valence-corrected chi connectivity index (χ2v) is 6.14. The lowest BCUT2D eigenvalue weighted by Gasteiger charge is -2.12. The van der Waals surface area contributed by atoms with Gasteiger partial charge in [0.2, 0.25) is 0 Å². The van der Waals surface area contributed by atoms with Crippen LogP contribution in [-0.2, 0) is 4.84 Å². The summed E-state index contributed by atoms with van der Waals surface area (Å²) in [5.74, 6) is 0.478. The Bertz CT molecular complexity index is 548. The number of hydrogen-bond acceptors (Lipinski definition) is 3. The summed E-state index contributed by atoms with van der Waals surface area (Å²) < 4.78 is 0. The highest BCUT2D eigenvalue weighted by Gasteiger charge is 2.07. The number of nitrogens with zero attached hydrogens (tertiary/aromatic N) is 3. The van der Waals surface area contributed by atoms with Crippen LogP contribution in [0.4, 0.5) is 5.69 Å². The van der Waals surface area contributed by atoms with Gasteiger partial charge in [-0.2, -0.15) is 0 Å². The lowest BCUT2D eigenvalue weighted by Crippen LogP contribution is -2.14. The molecule has 1 rings (SSSR count). The average molecular weight is 303 g/mol. The summed E-state index contributed by atoms with van der Waals surface area (Å²) in [5, 5.41) is 4.22. The van der Waals surface area contributed by atoms with Gasteiger partial charge in [-0.05, 0) is 56.9 Å². The molecule has 1 aromatic rings. The molecule has 0 saturated carbocycles. The number of rotatable bonds is 7. The van der Waals surface area contributed by atoms with Crippen molar-refractivity contribution in [2.45, 2.75) is 41.5 Å².